The van der Waals surface area contributed by atoms with E-state index in [1.807, 2.05) is 49.5 Å². The van der Waals surface area contributed by atoms with Crippen LogP contribution < -0.4 is 5.32 Å². The van der Waals surface area contributed by atoms with Crippen LogP contribution in [0.25, 0.3) is 10.9 Å². The van der Waals surface area contributed by atoms with Crippen LogP contribution in [-0.4, -0.2) is 75.0 Å². The van der Waals surface area contributed by atoms with Gasteiger partial charge in [-0.05, 0) is 45.1 Å². The Bertz CT molecular complexity index is 830. The number of fused-ring (bicyclic) bond motifs is 1. The van der Waals surface area contributed by atoms with Crippen LogP contribution in [0.15, 0.2) is 30.5 Å². The number of rotatable bonds is 10. The predicted molar refractivity (Wildman–Crippen MR) is 105 cm³/mol. The maximum atomic E-state index is 12.1. The molecule has 8 heteroatoms. The lowest BCUT2D eigenvalue weighted by Crippen LogP contribution is -2.41. The molecule has 144 valence electrons. The maximum absolute atomic E-state index is 12.1. The molecule has 0 spiro atoms. The van der Waals surface area contributed by atoms with Gasteiger partial charge in [0.1, 0.15) is 0 Å². The first-order valence-corrected chi connectivity index (χ1v) is 10.5. The first kappa shape index (κ1) is 20.4. The second-order valence-corrected chi connectivity index (χ2v) is 8.70. The van der Waals surface area contributed by atoms with Gasteiger partial charge in [-0.3, -0.25) is 4.79 Å². The number of para-hydroxylation sites is 1. The third-order valence-corrected chi connectivity index (χ3v) is 5.45. The van der Waals surface area contributed by atoms with Gasteiger partial charge in [0.25, 0.3) is 0 Å². The summed E-state index contributed by atoms with van der Waals surface area (Å²) in [6.45, 7) is 1.53. The number of nitrogens with zero attached hydrogens (tertiary/aromatic N) is 2. The van der Waals surface area contributed by atoms with E-state index in [-0.39, 0.29) is 19.0 Å². The van der Waals surface area contributed by atoms with Gasteiger partial charge in [-0.25, -0.2) is 8.42 Å². The van der Waals surface area contributed by atoms with Gasteiger partial charge in [0.2, 0.25) is 15.9 Å². The molecule has 0 aliphatic heterocycles. The van der Waals surface area contributed by atoms with Gasteiger partial charge in [0.05, 0.1) is 12.8 Å². The van der Waals surface area contributed by atoms with Crippen LogP contribution in [0.2, 0.25) is 0 Å². The van der Waals surface area contributed by atoms with Gasteiger partial charge in [-0.1, -0.05) is 18.2 Å². The molecule has 0 saturated heterocycles. The maximum Gasteiger partial charge on any atom is 0.235 e. The number of sulfonamides is 1. The molecular formula is C18H28N4O3S. The molecule has 0 aliphatic rings. The van der Waals surface area contributed by atoms with Crippen molar-refractivity contribution in [1.82, 2.24) is 19.5 Å². The molecule has 1 amide bonds. The summed E-state index contributed by atoms with van der Waals surface area (Å²) in [5, 5.41) is 3.86. The summed E-state index contributed by atoms with van der Waals surface area (Å²) in [4.78, 5) is 17.3. The normalized spacial score (nSPS) is 12.2. The van der Waals surface area contributed by atoms with Gasteiger partial charge in [-0.15, -0.1) is 0 Å². The Labute approximate surface area is 155 Å². The summed E-state index contributed by atoms with van der Waals surface area (Å²) in [7, 11) is 0.484. The van der Waals surface area contributed by atoms with Gasteiger partial charge in [-0.2, -0.15) is 4.31 Å². The van der Waals surface area contributed by atoms with Crippen molar-refractivity contribution in [3.05, 3.63) is 36.0 Å². The fraction of sp³-hybridized carbons (Fsp3) is 0.500. The minimum atomic E-state index is -3.46. The van der Waals surface area contributed by atoms with Gasteiger partial charge in [0.15, 0.2) is 0 Å². The monoisotopic (exact) mass is 380 g/mol. The summed E-state index contributed by atoms with van der Waals surface area (Å²) in [5.74, 6) is -0.270. The molecule has 0 saturated carbocycles. The van der Waals surface area contributed by atoms with Crippen LogP contribution in [0.5, 0.6) is 0 Å². The number of carbonyl (C=O) groups is 1. The molecule has 0 radical (unpaired) electrons. The molecule has 2 rings (SSSR count). The highest BCUT2D eigenvalue weighted by atomic mass is 32.2. The van der Waals surface area contributed by atoms with Crippen LogP contribution in [0, 0.1) is 0 Å². The second kappa shape index (κ2) is 9.16. The zero-order valence-electron chi connectivity index (χ0n) is 15.7. The zero-order valence-corrected chi connectivity index (χ0v) is 16.5. The van der Waals surface area contributed by atoms with Crippen molar-refractivity contribution in [3.63, 3.8) is 0 Å². The molecular weight excluding hydrogens is 352 g/mol. The van der Waals surface area contributed by atoms with Crippen LogP contribution in [-0.2, 0) is 21.2 Å². The smallest absolute Gasteiger partial charge is 0.235 e. The minimum Gasteiger partial charge on any atom is -0.361 e. The van der Waals surface area contributed by atoms with E-state index in [1.165, 1.54) is 4.31 Å². The number of aromatic nitrogens is 1. The van der Waals surface area contributed by atoms with Crippen LogP contribution >= 0.6 is 0 Å². The third kappa shape index (κ3) is 6.12. The summed E-state index contributed by atoms with van der Waals surface area (Å²) >= 11 is 0. The number of benzene rings is 1. The molecule has 0 fully saturated rings. The lowest BCUT2D eigenvalue weighted by molar-refractivity contribution is -0.121. The molecule has 1 aromatic carbocycles. The van der Waals surface area contributed by atoms with Crippen molar-refractivity contribution < 1.29 is 13.2 Å². The van der Waals surface area contributed by atoms with Crippen LogP contribution in [0.1, 0.15) is 12.0 Å². The number of hydrogen-bond acceptors (Lipinski definition) is 4. The average molecular weight is 381 g/mol. The van der Waals surface area contributed by atoms with Crippen LogP contribution in [0.3, 0.4) is 0 Å². The van der Waals surface area contributed by atoms with E-state index in [0.29, 0.717) is 13.0 Å². The van der Waals surface area contributed by atoms with Crippen molar-refractivity contribution in [1.29, 1.82) is 0 Å². The number of H-pyrrole nitrogens is 1. The SMILES string of the molecule is CN(C)CCCNC(=O)CN(CCc1c[nH]c2ccccc12)S(C)(=O)=O. The van der Waals surface area contributed by atoms with E-state index >= 15 is 0 Å². The Morgan fingerprint density at radius 2 is 1.92 bits per heavy atom. The Balaban J connectivity index is 1.92. The highest BCUT2D eigenvalue weighted by molar-refractivity contribution is 7.88. The van der Waals surface area contributed by atoms with E-state index in [0.717, 1.165) is 35.7 Å². The largest absolute Gasteiger partial charge is 0.361 e. The number of aromatic amines is 1. The first-order chi connectivity index (χ1) is 12.3. The molecule has 0 unspecified atom stereocenters. The highest BCUT2D eigenvalue weighted by Crippen LogP contribution is 2.18. The molecule has 0 bridgehead atoms. The lowest BCUT2D eigenvalue weighted by Gasteiger charge is -2.19. The molecule has 2 aromatic rings. The highest BCUT2D eigenvalue weighted by Gasteiger charge is 2.20. The van der Waals surface area contributed by atoms with Crippen molar-refractivity contribution >= 4 is 26.8 Å². The summed E-state index contributed by atoms with van der Waals surface area (Å²) in [6.07, 6.45) is 4.41. The molecule has 0 atom stereocenters. The fourth-order valence-corrected chi connectivity index (χ4v) is 3.56. The third-order valence-electron chi connectivity index (χ3n) is 4.20. The lowest BCUT2D eigenvalue weighted by atomic mass is 10.1. The Kier molecular flexibility index (Phi) is 7.19. The van der Waals surface area contributed by atoms with E-state index < -0.39 is 10.0 Å². The van der Waals surface area contributed by atoms with Crippen molar-refractivity contribution in [3.8, 4) is 0 Å². The van der Waals surface area contributed by atoms with Crippen molar-refractivity contribution in [2.75, 3.05) is 46.5 Å². The minimum absolute atomic E-state index is 0.150. The number of amides is 1. The van der Waals surface area contributed by atoms with E-state index in [9.17, 15) is 13.2 Å². The average Bonchev–Trinajstić information content (AvgIpc) is 2.97. The number of carbonyl (C=O) groups excluding carboxylic acids is 1. The van der Waals surface area contributed by atoms with Crippen LogP contribution in [0.4, 0.5) is 0 Å². The van der Waals surface area contributed by atoms with E-state index in [2.05, 4.69) is 10.3 Å². The Hall–Kier alpha value is -1.90. The summed E-state index contributed by atoms with van der Waals surface area (Å²) in [6, 6.07) is 7.89. The topological polar surface area (TPSA) is 85.5 Å². The van der Waals surface area contributed by atoms with Crippen molar-refractivity contribution in [2.24, 2.45) is 0 Å². The van der Waals surface area contributed by atoms with Gasteiger partial charge in [0, 0.05) is 30.2 Å². The number of hydrogen-bond donors (Lipinski definition) is 2. The first-order valence-electron chi connectivity index (χ1n) is 8.69. The van der Waals surface area contributed by atoms with Gasteiger partial charge >= 0.3 is 0 Å². The quantitative estimate of drug-likeness (QED) is 0.603. The zero-order chi connectivity index (χ0) is 19.2. The Morgan fingerprint density at radius 1 is 1.19 bits per heavy atom. The fourth-order valence-electron chi connectivity index (χ4n) is 2.78. The predicted octanol–water partition coefficient (Wildman–Crippen LogP) is 1.04. The number of nitrogens with one attached hydrogen (secondary N) is 2. The van der Waals surface area contributed by atoms with E-state index in [1.54, 1.807) is 0 Å². The molecule has 1 heterocycles. The van der Waals surface area contributed by atoms with Gasteiger partial charge < -0.3 is 15.2 Å². The standard InChI is InChI=1S/C18H28N4O3S/c1-21(2)11-6-10-19-18(23)14-22(26(3,24)25)12-9-15-13-20-17-8-5-4-7-16(15)17/h4-5,7-8,13,20H,6,9-12,14H2,1-3H3,(H,19,23). The molecule has 7 nitrogen and oxygen atoms in total. The summed E-state index contributed by atoms with van der Waals surface area (Å²) < 4.78 is 25.3. The second-order valence-electron chi connectivity index (χ2n) is 6.71. The molecule has 2 N–H and O–H groups in total. The van der Waals surface area contributed by atoms with E-state index in [4.69, 9.17) is 0 Å². The van der Waals surface area contributed by atoms with Crippen molar-refractivity contribution in [2.45, 2.75) is 12.8 Å². The summed E-state index contributed by atoms with van der Waals surface area (Å²) in [5.41, 5.74) is 2.06. The molecule has 0 aliphatic carbocycles. The molecule has 26 heavy (non-hydrogen) atoms. The molecule has 1 aromatic heterocycles. The Morgan fingerprint density at radius 3 is 2.62 bits per heavy atom.